The van der Waals surface area contributed by atoms with Crippen molar-refractivity contribution in [1.82, 2.24) is 14.0 Å². The summed E-state index contributed by atoms with van der Waals surface area (Å²) in [4.78, 5) is 30.4. The lowest BCUT2D eigenvalue weighted by atomic mass is 9.84. The van der Waals surface area contributed by atoms with Gasteiger partial charge in [0.05, 0.1) is 29.6 Å². The van der Waals surface area contributed by atoms with Crippen molar-refractivity contribution in [2.75, 3.05) is 11.9 Å². The first-order chi connectivity index (χ1) is 15.2. The van der Waals surface area contributed by atoms with E-state index in [4.69, 9.17) is 14.5 Å². The number of nitrogens with zero attached hydrogens (tertiary/aromatic N) is 3. The fourth-order valence-corrected chi connectivity index (χ4v) is 4.92. The number of anilines is 1. The number of imidazole rings is 1. The van der Waals surface area contributed by atoms with Crippen LogP contribution in [0.1, 0.15) is 56.1 Å². The van der Waals surface area contributed by atoms with Crippen LogP contribution in [0.3, 0.4) is 0 Å². The number of pyridine rings is 2. The molecule has 1 saturated carbocycles. The molecule has 8 heteroatoms. The van der Waals surface area contributed by atoms with Crippen LogP contribution >= 0.6 is 0 Å². The lowest BCUT2D eigenvalue weighted by Crippen LogP contribution is -2.26. The fourth-order valence-electron chi connectivity index (χ4n) is 4.92. The molecule has 3 aromatic rings. The van der Waals surface area contributed by atoms with Gasteiger partial charge in [0.25, 0.3) is 11.5 Å². The van der Waals surface area contributed by atoms with Crippen LogP contribution in [0.4, 0.5) is 5.69 Å². The van der Waals surface area contributed by atoms with E-state index in [2.05, 4.69) is 12.2 Å². The first kappa shape index (κ1) is 20.8. The number of carbonyl (C=O) groups excluding carboxylic acids is 1. The molecule has 0 spiro atoms. The van der Waals surface area contributed by atoms with Crippen molar-refractivity contribution in [3.05, 3.63) is 58.4 Å². The molecule has 2 atom stereocenters. The summed E-state index contributed by atoms with van der Waals surface area (Å²) in [5.74, 6) is 0.0308. The zero-order chi connectivity index (χ0) is 22.7. The monoisotopic (exact) mass is 436 g/mol. The topological polar surface area (TPSA) is 86.9 Å². The van der Waals surface area contributed by atoms with E-state index in [0.717, 1.165) is 30.6 Å². The van der Waals surface area contributed by atoms with Gasteiger partial charge in [0.15, 0.2) is 0 Å². The SMILES string of the molecule is CC(C)Oc1cc2nc([C@]34CC[C@](C)(C3)OC4)cn2cc1C(=O)Nc1cccn(C)c1=O. The number of ether oxygens (including phenoxy) is 2. The van der Waals surface area contributed by atoms with Gasteiger partial charge >= 0.3 is 0 Å². The lowest BCUT2D eigenvalue weighted by Gasteiger charge is -2.24. The van der Waals surface area contributed by atoms with E-state index in [1.807, 2.05) is 24.4 Å². The second kappa shape index (κ2) is 7.20. The molecule has 5 rings (SSSR count). The molecule has 1 amide bonds. The second-order valence-corrected chi connectivity index (χ2v) is 9.60. The summed E-state index contributed by atoms with van der Waals surface area (Å²) >= 11 is 0. The van der Waals surface area contributed by atoms with Gasteiger partial charge in [-0.2, -0.15) is 0 Å². The third-order valence-corrected chi connectivity index (χ3v) is 6.62. The minimum Gasteiger partial charge on any atom is -0.490 e. The summed E-state index contributed by atoms with van der Waals surface area (Å²) in [6.07, 6.45) is 8.28. The molecule has 0 unspecified atom stereocenters. The highest BCUT2D eigenvalue weighted by atomic mass is 16.5. The van der Waals surface area contributed by atoms with Crippen molar-refractivity contribution in [2.24, 2.45) is 7.05 Å². The highest BCUT2D eigenvalue weighted by molar-refractivity contribution is 6.06. The first-order valence-electron chi connectivity index (χ1n) is 11.0. The van der Waals surface area contributed by atoms with Gasteiger partial charge in [0.2, 0.25) is 0 Å². The van der Waals surface area contributed by atoms with Crippen LogP contribution in [0.2, 0.25) is 0 Å². The van der Waals surface area contributed by atoms with E-state index in [0.29, 0.717) is 17.9 Å². The molecule has 2 fully saturated rings. The number of rotatable bonds is 5. The highest BCUT2D eigenvalue weighted by Gasteiger charge is 2.55. The molecule has 4 heterocycles. The quantitative estimate of drug-likeness (QED) is 0.663. The predicted molar refractivity (Wildman–Crippen MR) is 120 cm³/mol. The Morgan fingerprint density at radius 2 is 2.12 bits per heavy atom. The largest absolute Gasteiger partial charge is 0.490 e. The minimum absolute atomic E-state index is 0.0609. The fraction of sp³-hybridized carbons (Fsp3) is 0.458. The number of hydrogen-bond acceptors (Lipinski definition) is 5. The van der Waals surface area contributed by atoms with Crippen molar-refractivity contribution in [1.29, 1.82) is 0 Å². The summed E-state index contributed by atoms with van der Waals surface area (Å²) < 4.78 is 15.3. The van der Waals surface area contributed by atoms with Gasteiger partial charge in [-0.3, -0.25) is 9.59 Å². The Hall–Kier alpha value is -3.13. The van der Waals surface area contributed by atoms with E-state index in [-0.39, 0.29) is 28.4 Å². The van der Waals surface area contributed by atoms with Gasteiger partial charge in [-0.25, -0.2) is 4.98 Å². The number of amides is 1. The number of nitrogens with one attached hydrogen (secondary N) is 1. The van der Waals surface area contributed by atoms with Crippen molar-refractivity contribution in [3.63, 3.8) is 0 Å². The first-order valence-corrected chi connectivity index (χ1v) is 11.0. The van der Waals surface area contributed by atoms with Gasteiger partial charge in [0.1, 0.15) is 17.1 Å². The molecule has 32 heavy (non-hydrogen) atoms. The van der Waals surface area contributed by atoms with Gasteiger partial charge in [-0.1, -0.05) is 0 Å². The van der Waals surface area contributed by atoms with Gasteiger partial charge in [-0.05, 0) is 52.2 Å². The predicted octanol–water partition coefficient (Wildman–Crippen LogP) is 3.28. The van der Waals surface area contributed by atoms with Gasteiger partial charge < -0.3 is 23.8 Å². The van der Waals surface area contributed by atoms with Crippen LogP contribution in [0.25, 0.3) is 5.65 Å². The van der Waals surface area contributed by atoms with E-state index < -0.39 is 5.91 Å². The minimum atomic E-state index is -0.406. The standard InChI is InChI=1S/C24H28N4O4/c1-15(2)32-18-10-20-26-19(24-8-7-23(3,13-24)31-14-24)12-28(20)11-16(18)21(29)25-17-6-5-9-27(4)22(17)30/h5-6,9-12,15H,7-8,13-14H2,1-4H3,(H,25,29)/t23-,24-/m1/s1. The van der Waals surface area contributed by atoms with Crippen LogP contribution in [-0.4, -0.2) is 38.2 Å². The lowest BCUT2D eigenvalue weighted by molar-refractivity contribution is -0.00627. The number of fused-ring (bicyclic) bond motifs is 3. The average Bonchev–Trinajstić information content (AvgIpc) is 3.41. The number of aryl methyl sites for hydroxylation is 1. The Kier molecular flexibility index (Phi) is 4.67. The molecule has 2 aliphatic rings. The van der Waals surface area contributed by atoms with Crippen molar-refractivity contribution < 1.29 is 14.3 Å². The van der Waals surface area contributed by atoms with Crippen molar-refractivity contribution in [3.8, 4) is 5.75 Å². The summed E-state index contributed by atoms with van der Waals surface area (Å²) in [5, 5.41) is 2.73. The summed E-state index contributed by atoms with van der Waals surface area (Å²) in [5.41, 5.74) is 1.86. The third kappa shape index (κ3) is 3.39. The van der Waals surface area contributed by atoms with Gasteiger partial charge in [-0.15, -0.1) is 0 Å². The Morgan fingerprint density at radius 3 is 2.78 bits per heavy atom. The molecular weight excluding hydrogens is 408 g/mol. The Bertz CT molecular complexity index is 1260. The molecule has 0 radical (unpaired) electrons. The zero-order valence-electron chi connectivity index (χ0n) is 18.8. The van der Waals surface area contributed by atoms with Crippen LogP contribution in [0.5, 0.6) is 5.75 Å². The smallest absolute Gasteiger partial charge is 0.274 e. The molecule has 1 aliphatic heterocycles. The molecule has 1 saturated heterocycles. The van der Waals surface area contributed by atoms with E-state index in [9.17, 15) is 9.59 Å². The molecule has 2 bridgehead atoms. The van der Waals surface area contributed by atoms with Gasteiger partial charge in [0, 0.05) is 37.1 Å². The summed E-state index contributed by atoms with van der Waals surface area (Å²) in [7, 11) is 1.64. The van der Waals surface area contributed by atoms with Crippen LogP contribution in [0, 0.1) is 0 Å². The maximum absolute atomic E-state index is 13.2. The molecule has 0 aromatic carbocycles. The van der Waals surface area contributed by atoms with Crippen LogP contribution in [-0.2, 0) is 17.2 Å². The number of aromatic nitrogens is 3. The molecule has 168 valence electrons. The Morgan fingerprint density at radius 1 is 1.31 bits per heavy atom. The molecular formula is C24H28N4O4. The van der Waals surface area contributed by atoms with E-state index in [1.54, 1.807) is 37.6 Å². The van der Waals surface area contributed by atoms with E-state index in [1.165, 1.54) is 4.57 Å². The van der Waals surface area contributed by atoms with Crippen LogP contribution in [0.15, 0.2) is 41.6 Å². The summed E-state index contributed by atoms with van der Waals surface area (Å²) in [6, 6.07) is 5.10. The van der Waals surface area contributed by atoms with Crippen LogP contribution < -0.4 is 15.6 Å². The molecule has 3 aromatic heterocycles. The number of carbonyl (C=O) groups is 1. The molecule has 1 aliphatic carbocycles. The zero-order valence-corrected chi connectivity index (χ0v) is 18.8. The average molecular weight is 437 g/mol. The van der Waals surface area contributed by atoms with E-state index >= 15 is 0 Å². The second-order valence-electron chi connectivity index (χ2n) is 9.60. The Labute approximate surface area is 186 Å². The Balaban J connectivity index is 1.54. The van der Waals surface area contributed by atoms with Crippen molar-refractivity contribution in [2.45, 2.75) is 57.2 Å². The number of hydrogen-bond donors (Lipinski definition) is 1. The third-order valence-electron chi connectivity index (χ3n) is 6.62. The molecule has 1 N–H and O–H groups in total. The molecule has 8 nitrogen and oxygen atoms in total. The maximum atomic E-state index is 13.2. The van der Waals surface area contributed by atoms with Crippen molar-refractivity contribution >= 4 is 17.2 Å². The highest BCUT2D eigenvalue weighted by Crippen LogP contribution is 2.53. The maximum Gasteiger partial charge on any atom is 0.274 e. The summed E-state index contributed by atoms with van der Waals surface area (Å²) in [6.45, 7) is 6.66. The normalized spacial score (nSPS) is 24.4.